The fourth-order valence-electron chi connectivity index (χ4n) is 3.42. The van der Waals surface area contributed by atoms with Gasteiger partial charge in [0.1, 0.15) is 10.8 Å². The van der Waals surface area contributed by atoms with Crippen LogP contribution >= 0.6 is 11.3 Å². The molecule has 0 aliphatic carbocycles. The molecule has 4 rings (SSSR count). The van der Waals surface area contributed by atoms with E-state index in [1.807, 2.05) is 67.6 Å². The van der Waals surface area contributed by atoms with E-state index in [2.05, 4.69) is 29.8 Å². The number of nitrogens with zero attached hydrogens (tertiary/aromatic N) is 1. The number of aryl methyl sites for hydroxylation is 2. The Labute approximate surface area is 192 Å². The van der Waals surface area contributed by atoms with Crippen molar-refractivity contribution in [1.29, 1.82) is 0 Å². The van der Waals surface area contributed by atoms with Gasteiger partial charge < -0.3 is 10.1 Å². The zero-order valence-electron chi connectivity index (χ0n) is 18.3. The summed E-state index contributed by atoms with van der Waals surface area (Å²) in [5.41, 5.74) is 6.25. The molecule has 1 amide bonds. The van der Waals surface area contributed by atoms with E-state index in [0.29, 0.717) is 19.4 Å². The van der Waals surface area contributed by atoms with Gasteiger partial charge in [-0.2, -0.15) is 0 Å². The lowest BCUT2D eigenvalue weighted by Gasteiger charge is -2.09. The molecule has 0 atom stereocenters. The Balaban J connectivity index is 1.29. The van der Waals surface area contributed by atoms with Crippen molar-refractivity contribution in [3.8, 4) is 27.6 Å². The molecule has 1 heterocycles. The molecule has 0 saturated heterocycles. The smallest absolute Gasteiger partial charge is 0.224 e. The molecule has 0 radical (unpaired) electrons. The standard InChI is InChI=1S/C27H26N2O2S/c1-19-8-3-5-10-23(19)27-29-24(18-32-27)21-13-15-22(16-14-21)28-26(30)12-7-17-31-25-11-6-4-9-20(25)2/h3-6,8-11,13-16,18H,7,12,17H2,1-2H3,(H,28,30). The molecule has 162 valence electrons. The third-order valence-electron chi connectivity index (χ3n) is 5.24. The Morgan fingerprint density at radius 2 is 1.66 bits per heavy atom. The molecule has 32 heavy (non-hydrogen) atoms. The van der Waals surface area contributed by atoms with Crippen molar-refractivity contribution in [3.05, 3.63) is 89.3 Å². The quantitative estimate of drug-likeness (QED) is 0.302. The van der Waals surface area contributed by atoms with E-state index in [1.165, 1.54) is 11.1 Å². The SMILES string of the molecule is Cc1ccccc1OCCCC(=O)Nc1ccc(-c2csc(-c3ccccc3C)n2)cc1. The van der Waals surface area contributed by atoms with Crippen molar-refractivity contribution < 1.29 is 9.53 Å². The van der Waals surface area contributed by atoms with E-state index < -0.39 is 0 Å². The number of thiazole rings is 1. The number of hydrogen-bond acceptors (Lipinski definition) is 4. The Morgan fingerprint density at radius 3 is 2.41 bits per heavy atom. The number of benzene rings is 3. The molecule has 0 bridgehead atoms. The van der Waals surface area contributed by atoms with Gasteiger partial charge in [-0.3, -0.25) is 4.79 Å². The van der Waals surface area contributed by atoms with Gasteiger partial charge in [0, 0.05) is 28.6 Å². The lowest BCUT2D eigenvalue weighted by molar-refractivity contribution is -0.116. The number of amides is 1. The molecule has 4 nitrogen and oxygen atoms in total. The van der Waals surface area contributed by atoms with Crippen molar-refractivity contribution in [3.63, 3.8) is 0 Å². The highest BCUT2D eigenvalue weighted by Gasteiger charge is 2.09. The number of nitrogens with one attached hydrogen (secondary N) is 1. The van der Waals surface area contributed by atoms with Gasteiger partial charge in [0.25, 0.3) is 0 Å². The lowest BCUT2D eigenvalue weighted by atomic mass is 10.1. The summed E-state index contributed by atoms with van der Waals surface area (Å²) in [6, 6.07) is 24.0. The number of para-hydroxylation sites is 1. The fourth-order valence-corrected chi connectivity index (χ4v) is 4.34. The largest absolute Gasteiger partial charge is 0.493 e. The van der Waals surface area contributed by atoms with Crippen LogP contribution in [0.3, 0.4) is 0 Å². The summed E-state index contributed by atoms with van der Waals surface area (Å²) in [4.78, 5) is 17.1. The lowest BCUT2D eigenvalue weighted by Crippen LogP contribution is -2.12. The Morgan fingerprint density at radius 1 is 0.938 bits per heavy atom. The van der Waals surface area contributed by atoms with Gasteiger partial charge in [-0.1, -0.05) is 54.6 Å². The molecule has 0 spiro atoms. The molecule has 1 aromatic heterocycles. The first-order valence-corrected chi connectivity index (χ1v) is 11.6. The number of rotatable bonds is 8. The number of ether oxygens (including phenoxy) is 1. The van der Waals surface area contributed by atoms with Crippen LogP contribution in [-0.4, -0.2) is 17.5 Å². The van der Waals surface area contributed by atoms with Crippen LogP contribution in [0.5, 0.6) is 5.75 Å². The second-order valence-corrected chi connectivity index (χ2v) is 8.55. The molecule has 5 heteroatoms. The van der Waals surface area contributed by atoms with E-state index in [1.54, 1.807) is 11.3 Å². The van der Waals surface area contributed by atoms with E-state index >= 15 is 0 Å². The van der Waals surface area contributed by atoms with Crippen molar-refractivity contribution in [2.75, 3.05) is 11.9 Å². The number of carbonyl (C=O) groups excluding carboxylic acids is 1. The third-order valence-corrected chi connectivity index (χ3v) is 6.12. The minimum absolute atomic E-state index is 0.0124. The van der Waals surface area contributed by atoms with E-state index in [4.69, 9.17) is 9.72 Å². The summed E-state index contributed by atoms with van der Waals surface area (Å²) in [5, 5.41) is 6.05. The molecule has 3 aromatic carbocycles. The molecule has 0 aliphatic heterocycles. The second-order valence-electron chi connectivity index (χ2n) is 7.70. The van der Waals surface area contributed by atoms with Crippen LogP contribution in [-0.2, 0) is 4.79 Å². The zero-order chi connectivity index (χ0) is 22.3. The molecule has 1 N–H and O–H groups in total. The predicted octanol–water partition coefficient (Wildman–Crippen LogP) is 6.89. The fraction of sp³-hybridized carbons (Fsp3) is 0.185. The molecule has 0 unspecified atom stereocenters. The predicted molar refractivity (Wildman–Crippen MR) is 132 cm³/mol. The van der Waals surface area contributed by atoms with Gasteiger partial charge >= 0.3 is 0 Å². The van der Waals surface area contributed by atoms with Crippen molar-refractivity contribution in [2.45, 2.75) is 26.7 Å². The van der Waals surface area contributed by atoms with Gasteiger partial charge in [-0.15, -0.1) is 11.3 Å². The average Bonchev–Trinajstić information content (AvgIpc) is 3.29. The molecule has 4 aromatic rings. The minimum Gasteiger partial charge on any atom is -0.493 e. The molecule has 0 fully saturated rings. The van der Waals surface area contributed by atoms with Gasteiger partial charge in [-0.25, -0.2) is 4.98 Å². The summed E-state index contributed by atoms with van der Waals surface area (Å²) >= 11 is 1.64. The molecular formula is C27H26N2O2S. The van der Waals surface area contributed by atoms with Crippen molar-refractivity contribution in [2.24, 2.45) is 0 Å². The highest BCUT2D eigenvalue weighted by atomic mass is 32.1. The van der Waals surface area contributed by atoms with Crippen molar-refractivity contribution in [1.82, 2.24) is 4.98 Å². The maximum atomic E-state index is 12.3. The van der Waals surface area contributed by atoms with Crippen LogP contribution in [0.4, 0.5) is 5.69 Å². The number of hydrogen-bond donors (Lipinski definition) is 1. The maximum Gasteiger partial charge on any atom is 0.224 e. The zero-order valence-corrected chi connectivity index (χ0v) is 19.1. The van der Waals surface area contributed by atoms with Gasteiger partial charge in [0.2, 0.25) is 5.91 Å². The van der Waals surface area contributed by atoms with Crippen molar-refractivity contribution >= 4 is 22.9 Å². The molecule has 0 aliphatic rings. The number of anilines is 1. The van der Waals surface area contributed by atoms with Crippen LogP contribution in [0.2, 0.25) is 0 Å². The first-order chi connectivity index (χ1) is 15.6. The van der Waals surface area contributed by atoms with Crippen LogP contribution in [0, 0.1) is 13.8 Å². The monoisotopic (exact) mass is 442 g/mol. The summed E-state index contributed by atoms with van der Waals surface area (Å²) in [6.07, 6.45) is 1.08. The topological polar surface area (TPSA) is 51.2 Å². The number of aromatic nitrogens is 1. The second kappa shape index (κ2) is 10.2. The minimum atomic E-state index is -0.0124. The van der Waals surface area contributed by atoms with Gasteiger partial charge in [0.15, 0.2) is 0 Å². The van der Waals surface area contributed by atoms with Crippen LogP contribution in [0.25, 0.3) is 21.8 Å². The van der Waals surface area contributed by atoms with Crippen LogP contribution in [0.1, 0.15) is 24.0 Å². The van der Waals surface area contributed by atoms with E-state index in [9.17, 15) is 4.79 Å². The highest BCUT2D eigenvalue weighted by Crippen LogP contribution is 2.31. The Bertz CT molecular complexity index is 1200. The van der Waals surface area contributed by atoms with Gasteiger partial charge in [0.05, 0.1) is 12.3 Å². The summed E-state index contributed by atoms with van der Waals surface area (Å²) in [6.45, 7) is 4.63. The first-order valence-electron chi connectivity index (χ1n) is 10.7. The summed E-state index contributed by atoms with van der Waals surface area (Å²) < 4.78 is 5.76. The highest BCUT2D eigenvalue weighted by molar-refractivity contribution is 7.13. The van der Waals surface area contributed by atoms with E-state index in [0.717, 1.165) is 33.3 Å². The average molecular weight is 443 g/mol. The third kappa shape index (κ3) is 5.42. The first kappa shape index (κ1) is 21.8. The van der Waals surface area contributed by atoms with Gasteiger partial charge in [-0.05, 0) is 49.6 Å². The van der Waals surface area contributed by atoms with Crippen LogP contribution in [0.15, 0.2) is 78.2 Å². The molecule has 0 saturated carbocycles. The summed E-state index contributed by atoms with van der Waals surface area (Å²) in [7, 11) is 0. The molecular weight excluding hydrogens is 416 g/mol. The Hall–Kier alpha value is -3.44. The Kier molecular flexibility index (Phi) is 6.97. The number of carbonyl (C=O) groups is 1. The normalized spacial score (nSPS) is 10.7. The van der Waals surface area contributed by atoms with E-state index in [-0.39, 0.29) is 5.91 Å². The maximum absolute atomic E-state index is 12.3. The summed E-state index contributed by atoms with van der Waals surface area (Å²) in [5.74, 6) is 0.859. The van der Waals surface area contributed by atoms with Crippen LogP contribution < -0.4 is 10.1 Å².